The first-order chi connectivity index (χ1) is 12.8. The molecule has 27 heavy (non-hydrogen) atoms. The van der Waals surface area contributed by atoms with E-state index in [2.05, 4.69) is 12.2 Å². The van der Waals surface area contributed by atoms with Crippen LogP contribution in [-0.4, -0.2) is 17.0 Å². The zero-order valence-corrected chi connectivity index (χ0v) is 15.9. The van der Waals surface area contributed by atoms with Crippen LogP contribution in [0, 0.1) is 11.8 Å². The molecule has 0 atom stereocenters. The number of carbonyl (C=O) groups excluding carboxylic acids is 1. The largest absolute Gasteiger partial charge is 0.417 e. The fourth-order valence-corrected chi connectivity index (χ4v) is 4.32. The molecule has 1 fully saturated rings. The molecule has 1 aromatic carbocycles. The minimum Gasteiger partial charge on any atom is -0.352 e. The highest BCUT2D eigenvalue weighted by Gasteiger charge is 2.35. The second-order valence-electron chi connectivity index (χ2n) is 7.74. The van der Waals surface area contributed by atoms with Crippen LogP contribution < -0.4 is 5.32 Å². The van der Waals surface area contributed by atoms with Crippen molar-refractivity contribution in [3.8, 4) is 0 Å². The fraction of sp³-hybridized carbons (Fsp3) is 0.571. The molecule has 1 heterocycles. The van der Waals surface area contributed by atoms with E-state index in [1.807, 2.05) is 0 Å². The third-order valence-corrected chi connectivity index (χ3v) is 5.78. The topological polar surface area (TPSA) is 34.0 Å². The van der Waals surface area contributed by atoms with Gasteiger partial charge in [0.05, 0.1) is 11.1 Å². The minimum absolute atomic E-state index is 0.0170. The lowest BCUT2D eigenvalue weighted by Crippen LogP contribution is -2.31. The number of aromatic nitrogens is 1. The molecular weight excluding hydrogens is 353 g/mol. The number of rotatable bonds is 5. The van der Waals surface area contributed by atoms with Crippen LogP contribution in [0.1, 0.15) is 61.4 Å². The molecule has 3 nitrogen and oxygen atoms in total. The third kappa shape index (κ3) is 4.30. The molecule has 0 aliphatic heterocycles. The van der Waals surface area contributed by atoms with E-state index in [1.165, 1.54) is 37.9 Å². The molecule has 148 valence electrons. The molecule has 0 saturated heterocycles. The number of nitrogens with one attached hydrogen (secondary N) is 1. The van der Waals surface area contributed by atoms with Gasteiger partial charge in [0.25, 0.3) is 5.91 Å². The fourth-order valence-electron chi connectivity index (χ4n) is 4.32. The second-order valence-corrected chi connectivity index (χ2v) is 7.74. The Morgan fingerprint density at radius 2 is 1.85 bits per heavy atom. The molecule has 1 aromatic heterocycles. The van der Waals surface area contributed by atoms with Gasteiger partial charge in [-0.3, -0.25) is 4.79 Å². The first-order valence-electron chi connectivity index (χ1n) is 9.74. The third-order valence-electron chi connectivity index (χ3n) is 5.78. The monoisotopic (exact) mass is 380 g/mol. The molecule has 0 bridgehead atoms. The zero-order valence-electron chi connectivity index (χ0n) is 15.9. The van der Waals surface area contributed by atoms with Crippen LogP contribution in [0.4, 0.5) is 13.2 Å². The van der Waals surface area contributed by atoms with Gasteiger partial charge in [0.15, 0.2) is 0 Å². The number of aryl methyl sites for hydroxylation is 1. The highest BCUT2D eigenvalue weighted by molar-refractivity contribution is 6.08. The van der Waals surface area contributed by atoms with Crippen molar-refractivity contribution < 1.29 is 18.0 Å². The molecule has 0 radical (unpaired) electrons. The lowest BCUT2D eigenvalue weighted by molar-refractivity contribution is -0.136. The van der Waals surface area contributed by atoms with E-state index in [0.717, 1.165) is 24.8 Å². The Kier molecular flexibility index (Phi) is 5.82. The summed E-state index contributed by atoms with van der Waals surface area (Å²) in [6.07, 6.45) is 3.98. The molecule has 2 aromatic rings. The lowest BCUT2D eigenvalue weighted by Gasteiger charge is -2.28. The van der Waals surface area contributed by atoms with Crippen LogP contribution >= 0.6 is 0 Å². The molecule has 6 heteroatoms. The molecule has 3 rings (SSSR count). The lowest BCUT2D eigenvalue weighted by atomic mass is 9.80. The van der Waals surface area contributed by atoms with Gasteiger partial charge in [-0.1, -0.05) is 38.7 Å². The Labute approximate surface area is 157 Å². The van der Waals surface area contributed by atoms with Gasteiger partial charge in [0.1, 0.15) is 0 Å². The van der Waals surface area contributed by atoms with Crippen molar-refractivity contribution in [1.82, 2.24) is 9.88 Å². The summed E-state index contributed by atoms with van der Waals surface area (Å²) in [6, 6.07) is 4.02. The molecular formula is C21H27F3N2O. The van der Waals surface area contributed by atoms with E-state index >= 15 is 0 Å². The average Bonchev–Trinajstić information content (AvgIpc) is 2.97. The SMILES string of the molecule is CCCC1CCC(CNC(=O)c2cn(C)c3cccc(C(F)(F)F)c23)CC1. The number of fused-ring (bicyclic) bond motifs is 1. The van der Waals surface area contributed by atoms with Crippen LogP contribution in [0.5, 0.6) is 0 Å². The van der Waals surface area contributed by atoms with E-state index in [9.17, 15) is 18.0 Å². The van der Waals surface area contributed by atoms with Crippen molar-refractivity contribution in [2.24, 2.45) is 18.9 Å². The Hall–Kier alpha value is -1.98. The number of hydrogen-bond donors (Lipinski definition) is 1. The molecule has 1 aliphatic carbocycles. The predicted octanol–water partition coefficient (Wildman–Crippen LogP) is 5.53. The van der Waals surface area contributed by atoms with Gasteiger partial charge in [0.2, 0.25) is 0 Å². The zero-order chi connectivity index (χ0) is 19.6. The second kappa shape index (κ2) is 7.95. The summed E-state index contributed by atoms with van der Waals surface area (Å²) < 4.78 is 41.8. The molecule has 1 amide bonds. The summed E-state index contributed by atoms with van der Waals surface area (Å²) >= 11 is 0. The van der Waals surface area contributed by atoms with Crippen molar-refractivity contribution in [1.29, 1.82) is 0 Å². The van der Waals surface area contributed by atoms with E-state index in [1.54, 1.807) is 17.7 Å². The maximum Gasteiger partial charge on any atom is 0.417 e. The Morgan fingerprint density at radius 1 is 1.19 bits per heavy atom. The van der Waals surface area contributed by atoms with Crippen LogP contribution in [0.2, 0.25) is 0 Å². The predicted molar refractivity (Wildman–Crippen MR) is 101 cm³/mol. The highest BCUT2D eigenvalue weighted by atomic mass is 19.4. The Bertz CT molecular complexity index is 802. The first kappa shape index (κ1) is 19.8. The number of benzene rings is 1. The van der Waals surface area contributed by atoms with Gasteiger partial charge < -0.3 is 9.88 Å². The summed E-state index contributed by atoms with van der Waals surface area (Å²) in [6.45, 7) is 2.73. The number of nitrogens with zero attached hydrogens (tertiary/aromatic N) is 1. The summed E-state index contributed by atoms with van der Waals surface area (Å²) in [5.41, 5.74) is -0.249. The highest BCUT2D eigenvalue weighted by Crippen LogP contribution is 2.37. The van der Waals surface area contributed by atoms with Gasteiger partial charge in [0, 0.05) is 30.7 Å². The normalized spacial score (nSPS) is 20.8. The van der Waals surface area contributed by atoms with Crippen molar-refractivity contribution in [3.05, 3.63) is 35.5 Å². The Morgan fingerprint density at radius 3 is 2.48 bits per heavy atom. The molecule has 1 aliphatic rings. The number of halogens is 3. The van der Waals surface area contributed by atoms with Crippen LogP contribution in [-0.2, 0) is 13.2 Å². The van der Waals surface area contributed by atoms with E-state index in [4.69, 9.17) is 0 Å². The van der Waals surface area contributed by atoms with Crippen molar-refractivity contribution in [3.63, 3.8) is 0 Å². The van der Waals surface area contributed by atoms with Gasteiger partial charge >= 0.3 is 6.18 Å². The van der Waals surface area contributed by atoms with Crippen molar-refractivity contribution in [2.45, 2.75) is 51.6 Å². The molecule has 0 unspecified atom stereocenters. The minimum atomic E-state index is -4.49. The first-order valence-corrected chi connectivity index (χ1v) is 9.74. The van der Waals surface area contributed by atoms with E-state index < -0.39 is 17.6 Å². The standard InChI is InChI=1S/C21H27F3N2O/c1-3-5-14-8-10-15(11-9-14)12-25-20(27)16-13-26(2)18-7-4-6-17(19(16)18)21(22,23)24/h4,6-7,13-15H,3,5,8-12H2,1-2H3,(H,25,27). The molecule has 1 N–H and O–H groups in total. The van der Waals surface area contributed by atoms with E-state index in [0.29, 0.717) is 18.0 Å². The average molecular weight is 380 g/mol. The van der Waals surface area contributed by atoms with Gasteiger partial charge in [-0.2, -0.15) is 13.2 Å². The Balaban J connectivity index is 1.73. The maximum atomic E-state index is 13.4. The summed E-state index contributed by atoms with van der Waals surface area (Å²) in [4.78, 5) is 12.7. The van der Waals surface area contributed by atoms with Crippen LogP contribution in [0.15, 0.2) is 24.4 Å². The van der Waals surface area contributed by atoms with Gasteiger partial charge in [-0.15, -0.1) is 0 Å². The molecule has 0 spiro atoms. The summed E-state index contributed by atoms with van der Waals surface area (Å²) in [5.74, 6) is 0.779. The van der Waals surface area contributed by atoms with Crippen molar-refractivity contribution in [2.75, 3.05) is 6.54 Å². The van der Waals surface area contributed by atoms with Crippen LogP contribution in [0.3, 0.4) is 0 Å². The number of carbonyl (C=O) groups is 1. The summed E-state index contributed by atoms with van der Waals surface area (Å²) in [7, 11) is 1.66. The quantitative estimate of drug-likeness (QED) is 0.727. The smallest absolute Gasteiger partial charge is 0.352 e. The molecule has 1 saturated carbocycles. The summed E-state index contributed by atoms with van der Waals surface area (Å²) in [5, 5.41) is 2.86. The van der Waals surface area contributed by atoms with Crippen molar-refractivity contribution >= 4 is 16.8 Å². The number of hydrogen-bond acceptors (Lipinski definition) is 1. The van der Waals surface area contributed by atoms with Gasteiger partial charge in [-0.05, 0) is 36.8 Å². The van der Waals surface area contributed by atoms with E-state index in [-0.39, 0.29) is 10.9 Å². The number of amides is 1. The maximum absolute atomic E-state index is 13.4. The van der Waals surface area contributed by atoms with Gasteiger partial charge in [-0.25, -0.2) is 0 Å². The van der Waals surface area contributed by atoms with Crippen LogP contribution in [0.25, 0.3) is 10.9 Å². The number of alkyl halides is 3.